The van der Waals surface area contributed by atoms with Gasteiger partial charge in [0.1, 0.15) is 5.82 Å². The molecule has 0 radical (unpaired) electrons. The second-order valence-corrected chi connectivity index (χ2v) is 6.66. The number of nitriles is 1. The van der Waals surface area contributed by atoms with Gasteiger partial charge in [-0.3, -0.25) is 9.80 Å². The number of rotatable bonds is 4. The van der Waals surface area contributed by atoms with Gasteiger partial charge >= 0.3 is 6.18 Å². The Kier molecular flexibility index (Phi) is 5.78. The smallest absolute Gasteiger partial charge is 0.297 e. The maximum atomic E-state index is 13.9. The van der Waals surface area contributed by atoms with Crippen LogP contribution in [0.4, 0.5) is 17.6 Å². The fourth-order valence-corrected chi connectivity index (χ4v) is 3.17. The van der Waals surface area contributed by atoms with Crippen LogP contribution in [0.2, 0.25) is 0 Å². The number of nitrogens with zero attached hydrogens (tertiary/aromatic N) is 3. The molecule has 0 spiro atoms. The van der Waals surface area contributed by atoms with Crippen LogP contribution in [0.25, 0.3) is 0 Å². The van der Waals surface area contributed by atoms with Gasteiger partial charge in [0.05, 0.1) is 17.2 Å². The minimum absolute atomic E-state index is 0.318. The Morgan fingerprint density at radius 1 is 0.889 bits per heavy atom. The minimum Gasteiger partial charge on any atom is -0.297 e. The van der Waals surface area contributed by atoms with Crippen LogP contribution in [0.15, 0.2) is 42.5 Å². The third kappa shape index (κ3) is 5.06. The zero-order chi connectivity index (χ0) is 19.4. The lowest BCUT2D eigenvalue weighted by Crippen LogP contribution is -2.45. The summed E-state index contributed by atoms with van der Waals surface area (Å²) in [7, 11) is 0. The normalized spacial score (nSPS) is 16.3. The largest absolute Gasteiger partial charge is 0.416 e. The zero-order valence-corrected chi connectivity index (χ0v) is 14.6. The van der Waals surface area contributed by atoms with Crippen molar-refractivity contribution < 1.29 is 17.6 Å². The molecule has 3 nitrogen and oxygen atoms in total. The predicted octanol–water partition coefficient (Wildman–Crippen LogP) is 4.03. The number of hydrogen-bond acceptors (Lipinski definition) is 3. The Labute approximate surface area is 155 Å². The Balaban J connectivity index is 1.53. The highest BCUT2D eigenvalue weighted by molar-refractivity contribution is 5.33. The molecule has 2 aromatic rings. The highest BCUT2D eigenvalue weighted by Crippen LogP contribution is 2.29. The van der Waals surface area contributed by atoms with Crippen molar-refractivity contribution in [2.75, 3.05) is 26.2 Å². The molecule has 0 aromatic heterocycles. The van der Waals surface area contributed by atoms with E-state index in [0.717, 1.165) is 43.9 Å². The molecule has 0 N–H and O–H groups in total. The van der Waals surface area contributed by atoms with Gasteiger partial charge in [-0.1, -0.05) is 12.1 Å². The van der Waals surface area contributed by atoms with E-state index in [2.05, 4.69) is 9.80 Å². The van der Waals surface area contributed by atoms with E-state index in [9.17, 15) is 17.6 Å². The zero-order valence-electron chi connectivity index (χ0n) is 14.6. The van der Waals surface area contributed by atoms with Gasteiger partial charge in [0.15, 0.2) is 0 Å². The average molecular weight is 377 g/mol. The van der Waals surface area contributed by atoms with Gasteiger partial charge in [0.25, 0.3) is 0 Å². The van der Waals surface area contributed by atoms with Gasteiger partial charge in [-0.05, 0) is 35.9 Å². The lowest BCUT2D eigenvalue weighted by Gasteiger charge is -2.34. The maximum absolute atomic E-state index is 13.9. The van der Waals surface area contributed by atoms with Crippen molar-refractivity contribution in [1.82, 2.24) is 9.80 Å². The maximum Gasteiger partial charge on any atom is 0.416 e. The second kappa shape index (κ2) is 8.07. The van der Waals surface area contributed by atoms with E-state index >= 15 is 0 Å². The molecule has 0 saturated carbocycles. The van der Waals surface area contributed by atoms with Gasteiger partial charge in [0, 0.05) is 44.8 Å². The molecule has 1 heterocycles. The summed E-state index contributed by atoms with van der Waals surface area (Å²) in [6.07, 6.45) is -4.32. The number of benzene rings is 2. The molecular formula is C20H19F4N3. The molecule has 7 heteroatoms. The molecule has 0 amide bonds. The van der Waals surface area contributed by atoms with Crippen molar-refractivity contribution >= 4 is 0 Å². The highest BCUT2D eigenvalue weighted by Gasteiger charge is 2.30. The molecule has 0 unspecified atom stereocenters. The van der Waals surface area contributed by atoms with Crippen molar-refractivity contribution in [3.05, 3.63) is 70.5 Å². The first kappa shape index (κ1) is 19.3. The second-order valence-electron chi connectivity index (χ2n) is 6.66. The minimum atomic E-state index is -4.32. The van der Waals surface area contributed by atoms with E-state index in [-0.39, 0.29) is 5.82 Å². The summed E-state index contributed by atoms with van der Waals surface area (Å²) in [6.45, 7) is 3.99. The van der Waals surface area contributed by atoms with E-state index < -0.39 is 11.7 Å². The summed E-state index contributed by atoms with van der Waals surface area (Å²) >= 11 is 0. The lowest BCUT2D eigenvalue weighted by atomic mass is 10.1. The van der Waals surface area contributed by atoms with Gasteiger partial charge in [-0.2, -0.15) is 18.4 Å². The summed E-state index contributed by atoms with van der Waals surface area (Å²) < 4.78 is 51.8. The standard InChI is InChI=1S/C20H19F4N3/c21-19-6-3-16(12-25)11-17(19)14-27-9-7-26(8-10-27)13-15-1-4-18(5-2-15)20(22,23)24/h1-6,11H,7-10,13-14H2. The first-order valence-electron chi connectivity index (χ1n) is 8.64. The quantitative estimate of drug-likeness (QED) is 0.754. The average Bonchev–Trinajstić information content (AvgIpc) is 2.65. The van der Waals surface area contributed by atoms with Crippen molar-refractivity contribution in [3.8, 4) is 6.07 Å². The summed E-state index contributed by atoms with van der Waals surface area (Å²) in [5, 5.41) is 8.94. The topological polar surface area (TPSA) is 30.3 Å². The van der Waals surface area contributed by atoms with Crippen molar-refractivity contribution in [2.45, 2.75) is 19.3 Å². The van der Waals surface area contributed by atoms with Crippen molar-refractivity contribution in [2.24, 2.45) is 0 Å². The number of alkyl halides is 3. The van der Waals surface area contributed by atoms with Crippen LogP contribution in [0.5, 0.6) is 0 Å². The van der Waals surface area contributed by atoms with Crippen LogP contribution in [0.1, 0.15) is 22.3 Å². The molecule has 1 aliphatic heterocycles. The molecule has 0 bridgehead atoms. The van der Waals surface area contributed by atoms with Crippen molar-refractivity contribution in [1.29, 1.82) is 5.26 Å². The van der Waals surface area contributed by atoms with Gasteiger partial charge in [-0.15, -0.1) is 0 Å². The molecule has 1 fully saturated rings. The highest BCUT2D eigenvalue weighted by atomic mass is 19.4. The molecule has 1 aliphatic rings. The summed E-state index contributed by atoms with van der Waals surface area (Å²) in [5.74, 6) is -0.318. The van der Waals surface area contributed by atoms with E-state index in [4.69, 9.17) is 5.26 Å². The third-order valence-electron chi connectivity index (χ3n) is 4.72. The van der Waals surface area contributed by atoms with Crippen LogP contribution >= 0.6 is 0 Å². The van der Waals surface area contributed by atoms with E-state index in [0.29, 0.717) is 24.2 Å². The molecule has 0 aliphatic carbocycles. The fraction of sp³-hybridized carbons (Fsp3) is 0.350. The Morgan fingerprint density at radius 2 is 1.48 bits per heavy atom. The van der Waals surface area contributed by atoms with Gasteiger partial charge in [-0.25, -0.2) is 4.39 Å². The molecule has 27 heavy (non-hydrogen) atoms. The SMILES string of the molecule is N#Cc1ccc(F)c(CN2CCN(Cc3ccc(C(F)(F)F)cc3)CC2)c1. The first-order chi connectivity index (χ1) is 12.8. The number of piperazine rings is 1. The van der Waals surface area contributed by atoms with Crippen LogP contribution in [0.3, 0.4) is 0 Å². The predicted molar refractivity (Wildman–Crippen MR) is 93.1 cm³/mol. The Hall–Kier alpha value is -2.43. The first-order valence-corrected chi connectivity index (χ1v) is 8.64. The molecular weight excluding hydrogens is 358 g/mol. The van der Waals surface area contributed by atoms with Gasteiger partial charge < -0.3 is 0 Å². The van der Waals surface area contributed by atoms with E-state index in [1.165, 1.54) is 24.3 Å². The van der Waals surface area contributed by atoms with Crippen molar-refractivity contribution in [3.63, 3.8) is 0 Å². The molecule has 2 aromatic carbocycles. The summed E-state index contributed by atoms with van der Waals surface area (Å²) in [6, 6.07) is 11.6. The van der Waals surface area contributed by atoms with Crippen LogP contribution in [-0.2, 0) is 19.3 Å². The number of hydrogen-bond donors (Lipinski definition) is 0. The van der Waals surface area contributed by atoms with E-state index in [1.54, 1.807) is 6.07 Å². The molecule has 1 saturated heterocycles. The molecule has 0 atom stereocenters. The number of halogens is 4. The third-order valence-corrected chi connectivity index (χ3v) is 4.72. The van der Waals surface area contributed by atoms with Crippen LogP contribution in [-0.4, -0.2) is 36.0 Å². The Morgan fingerprint density at radius 3 is 2.04 bits per heavy atom. The van der Waals surface area contributed by atoms with Crippen LogP contribution < -0.4 is 0 Å². The lowest BCUT2D eigenvalue weighted by molar-refractivity contribution is -0.137. The van der Waals surface area contributed by atoms with Gasteiger partial charge in [0.2, 0.25) is 0 Å². The molecule has 142 valence electrons. The van der Waals surface area contributed by atoms with E-state index in [1.807, 2.05) is 6.07 Å². The Bertz CT molecular complexity index is 817. The fourth-order valence-electron chi connectivity index (χ4n) is 3.17. The van der Waals surface area contributed by atoms with Crippen LogP contribution in [0, 0.1) is 17.1 Å². The summed E-state index contributed by atoms with van der Waals surface area (Å²) in [5.41, 5.74) is 1.14. The summed E-state index contributed by atoms with van der Waals surface area (Å²) in [4.78, 5) is 4.28. The monoisotopic (exact) mass is 377 g/mol. The molecule has 3 rings (SSSR count).